The average Bonchev–Trinajstić information content (AvgIpc) is 3.18. The Kier molecular flexibility index (Phi) is 9.56. The topological polar surface area (TPSA) is 101 Å². The van der Waals surface area contributed by atoms with Crippen molar-refractivity contribution in [2.75, 3.05) is 50.5 Å². The molecule has 1 saturated heterocycles. The zero-order chi connectivity index (χ0) is 34.3. The van der Waals surface area contributed by atoms with Crippen LogP contribution in [0.4, 0.5) is 10.5 Å². The molecule has 1 saturated carbocycles. The Morgan fingerprint density at radius 1 is 1.16 bits per heavy atom. The number of carbonyl (C=O) groups is 2. The van der Waals surface area contributed by atoms with Gasteiger partial charge in [-0.1, -0.05) is 49.8 Å². The summed E-state index contributed by atoms with van der Waals surface area (Å²) in [5.74, 6) is 1.40. The standard InChI is InChI=1S/C39H52N4O5S/c1-5-28-20-42(21-28)38(45)41-49(46)23-27(3)8-6-10-35(47-4)32-14-12-31(32)22-43-24-39(17-7-9-29-18-26(2)11-15-33(29)39)25-48-36-16-13-30(19-34(36)43)37(44)40-49/h6,10-11,13,15-16,18-19,27-28,31-32,35H,5,7-9,12,14,17,20-25H2,1-4H3,(H,40,41,44,45,46)/b10-6+/t27-,31-,32+,35-,39-,49?/m0/s1. The molecule has 0 radical (unpaired) electrons. The molecule has 2 aromatic carbocycles. The van der Waals surface area contributed by atoms with E-state index in [9.17, 15) is 13.8 Å². The summed E-state index contributed by atoms with van der Waals surface area (Å²) < 4.78 is 34.2. The van der Waals surface area contributed by atoms with E-state index >= 15 is 0 Å². The molecule has 9 nitrogen and oxygen atoms in total. The summed E-state index contributed by atoms with van der Waals surface area (Å²) >= 11 is 0. The van der Waals surface area contributed by atoms with Crippen LogP contribution < -0.4 is 14.4 Å². The fourth-order valence-corrected chi connectivity index (χ4v) is 10.6. The quantitative estimate of drug-likeness (QED) is 0.362. The van der Waals surface area contributed by atoms with Gasteiger partial charge in [-0.3, -0.25) is 9.52 Å². The number of nitrogens with one attached hydrogen (secondary N) is 1. The lowest BCUT2D eigenvalue weighted by Crippen LogP contribution is -2.55. The molecule has 2 fully saturated rings. The van der Waals surface area contributed by atoms with E-state index in [0.717, 1.165) is 63.1 Å². The van der Waals surface area contributed by atoms with Gasteiger partial charge >= 0.3 is 6.03 Å². The summed E-state index contributed by atoms with van der Waals surface area (Å²) in [5, 5.41) is 0. The van der Waals surface area contributed by atoms with E-state index in [1.807, 2.05) is 19.1 Å². The number of amides is 3. The molecule has 5 aliphatic rings. The molecule has 49 heavy (non-hydrogen) atoms. The molecule has 2 bridgehead atoms. The van der Waals surface area contributed by atoms with E-state index in [-0.39, 0.29) is 23.2 Å². The molecular weight excluding hydrogens is 637 g/mol. The molecule has 3 amide bonds. The minimum Gasteiger partial charge on any atom is -0.490 e. The first-order valence-electron chi connectivity index (χ1n) is 18.3. The minimum absolute atomic E-state index is 0.0199. The SMILES string of the molecule is CCC1CN(C(=O)NS2(=O)=NC(=O)c3ccc4c(c3)N(C[C@@H]3CC[C@H]3[C@@H](OC)/C=C/C[C@H](C)C2)C[C@@]2(CCCc3cc(C)ccc32)CO4)C1. The molecule has 1 spiro atoms. The number of anilines is 1. The zero-order valence-corrected chi connectivity index (χ0v) is 30.3. The van der Waals surface area contributed by atoms with Gasteiger partial charge in [-0.25, -0.2) is 9.00 Å². The predicted octanol–water partition coefficient (Wildman–Crippen LogP) is 6.68. The van der Waals surface area contributed by atoms with Gasteiger partial charge in [-0.2, -0.15) is 0 Å². The minimum atomic E-state index is -3.41. The van der Waals surface area contributed by atoms with Gasteiger partial charge in [0.05, 0.1) is 24.2 Å². The number of hydrogen-bond donors (Lipinski definition) is 1. The molecule has 0 aromatic heterocycles. The van der Waals surface area contributed by atoms with Crippen LogP contribution in [-0.2, 0) is 26.5 Å². The summed E-state index contributed by atoms with van der Waals surface area (Å²) in [7, 11) is -1.63. The van der Waals surface area contributed by atoms with Gasteiger partial charge in [0.25, 0.3) is 5.91 Å². The largest absolute Gasteiger partial charge is 0.490 e. The van der Waals surface area contributed by atoms with Crippen LogP contribution >= 0.6 is 0 Å². The number of ether oxygens (including phenoxy) is 2. The smallest absolute Gasteiger partial charge is 0.329 e. The van der Waals surface area contributed by atoms with Crippen molar-refractivity contribution < 1.29 is 23.3 Å². The van der Waals surface area contributed by atoms with Gasteiger partial charge in [0, 0.05) is 44.3 Å². The van der Waals surface area contributed by atoms with Gasteiger partial charge in [-0.15, -0.1) is 4.36 Å². The van der Waals surface area contributed by atoms with Crippen molar-refractivity contribution in [1.29, 1.82) is 0 Å². The molecule has 1 unspecified atom stereocenters. The molecular formula is C39H52N4O5S. The Morgan fingerprint density at radius 2 is 2.00 bits per heavy atom. The third-order valence-electron chi connectivity index (χ3n) is 11.8. The number of methoxy groups -OCH3 is 1. The first-order valence-corrected chi connectivity index (χ1v) is 19.9. The lowest BCUT2D eigenvalue weighted by atomic mass is 9.68. The van der Waals surface area contributed by atoms with Gasteiger partial charge in [-0.05, 0) is 105 Å². The summed E-state index contributed by atoms with van der Waals surface area (Å²) in [6.07, 6.45) is 11.3. The molecule has 6 atom stereocenters. The van der Waals surface area contributed by atoms with E-state index in [1.165, 1.54) is 16.7 Å². The third-order valence-corrected chi connectivity index (χ3v) is 13.8. The number of likely N-dealkylation sites (tertiary alicyclic amines) is 1. The first-order chi connectivity index (χ1) is 23.6. The van der Waals surface area contributed by atoms with Gasteiger partial charge in [0.15, 0.2) is 0 Å². The van der Waals surface area contributed by atoms with E-state index in [1.54, 1.807) is 18.1 Å². The van der Waals surface area contributed by atoms with Gasteiger partial charge < -0.3 is 19.3 Å². The summed E-state index contributed by atoms with van der Waals surface area (Å²) in [6.45, 7) is 9.66. The Bertz CT molecular complexity index is 1740. The van der Waals surface area contributed by atoms with Gasteiger partial charge in [0.2, 0.25) is 0 Å². The van der Waals surface area contributed by atoms with Crippen molar-refractivity contribution in [3.05, 3.63) is 70.8 Å². The number of benzene rings is 2. The second-order valence-corrected chi connectivity index (χ2v) is 17.4. The van der Waals surface area contributed by atoms with E-state index < -0.39 is 21.9 Å². The maximum Gasteiger partial charge on any atom is 0.329 e. The number of hydrogen-bond acceptors (Lipinski definition) is 6. The molecule has 1 N–H and O–H groups in total. The highest BCUT2D eigenvalue weighted by Crippen LogP contribution is 2.47. The van der Waals surface area contributed by atoms with E-state index in [4.69, 9.17) is 9.47 Å². The molecule has 2 aliphatic carbocycles. The van der Waals surface area contributed by atoms with Crippen LogP contribution in [0.2, 0.25) is 0 Å². The second-order valence-electron chi connectivity index (χ2n) is 15.4. The van der Waals surface area contributed by atoms with E-state index in [0.29, 0.717) is 49.4 Å². The number of carbonyl (C=O) groups excluding carboxylic acids is 2. The number of urea groups is 1. The number of fused-ring (bicyclic) bond motifs is 4. The molecule has 10 heteroatoms. The Morgan fingerprint density at radius 3 is 2.76 bits per heavy atom. The monoisotopic (exact) mass is 688 g/mol. The highest BCUT2D eigenvalue weighted by atomic mass is 32.2. The summed E-state index contributed by atoms with van der Waals surface area (Å²) in [6, 6.07) is 11.9. The number of rotatable bonds is 3. The van der Waals surface area contributed by atoms with Crippen molar-refractivity contribution in [2.45, 2.75) is 77.2 Å². The van der Waals surface area contributed by atoms with Crippen molar-refractivity contribution >= 4 is 27.5 Å². The Hall–Kier alpha value is -3.37. The van der Waals surface area contributed by atoms with Gasteiger partial charge in [0.1, 0.15) is 15.7 Å². The molecule has 264 valence electrons. The van der Waals surface area contributed by atoms with Crippen molar-refractivity contribution in [3.8, 4) is 5.75 Å². The third kappa shape index (κ3) is 6.87. The Balaban J connectivity index is 1.28. The van der Waals surface area contributed by atoms with Crippen LogP contribution in [0, 0.1) is 30.6 Å². The highest BCUT2D eigenvalue weighted by Gasteiger charge is 2.44. The lowest BCUT2D eigenvalue weighted by molar-refractivity contribution is 0.0131. The van der Waals surface area contributed by atoms with Crippen LogP contribution in [0.25, 0.3) is 0 Å². The van der Waals surface area contributed by atoms with Crippen LogP contribution in [0.3, 0.4) is 0 Å². The first kappa shape index (κ1) is 34.1. The fourth-order valence-electron chi connectivity index (χ4n) is 8.72. The zero-order valence-electron chi connectivity index (χ0n) is 29.5. The Labute approximate surface area is 292 Å². The maximum absolute atomic E-state index is 14.4. The summed E-state index contributed by atoms with van der Waals surface area (Å²) in [4.78, 5) is 31.2. The van der Waals surface area contributed by atoms with Crippen LogP contribution in [0.1, 0.15) is 79.4 Å². The average molecular weight is 689 g/mol. The number of nitrogens with zero attached hydrogens (tertiary/aromatic N) is 3. The van der Waals surface area contributed by atoms with Crippen LogP contribution in [0.15, 0.2) is 52.9 Å². The number of aryl methyl sites for hydroxylation is 2. The summed E-state index contributed by atoms with van der Waals surface area (Å²) in [5.41, 5.74) is 5.09. The second kappa shape index (κ2) is 13.7. The predicted molar refractivity (Wildman–Crippen MR) is 194 cm³/mol. The van der Waals surface area contributed by atoms with Crippen molar-refractivity contribution in [3.63, 3.8) is 0 Å². The van der Waals surface area contributed by atoms with Crippen LogP contribution in [0.5, 0.6) is 5.75 Å². The number of allylic oxidation sites excluding steroid dienone is 1. The molecule has 3 aliphatic heterocycles. The van der Waals surface area contributed by atoms with Crippen molar-refractivity contribution in [2.24, 2.45) is 28.0 Å². The fraction of sp³-hybridized carbons (Fsp3) is 0.590. The highest BCUT2D eigenvalue weighted by molar-refractivity contribution is 7.92. The lowest BCUT2D eigenvalue weighted by Gasteiger charge is -2.46. The maximum atomic E-state index is 14.4. The van der Waals surface area contributed by atoms with Crippen LogP contribution in [-0.4, -0.2) is 72.8 Å². The molecule has 2 aromatic rings. The normalized spacial score (nSPS) is 32.4. The van der Waals surface area contributed by atoms with Crippen molar-refractivity contribution in [1.82, 2.24) is 9.62 Å². The van der Waals surface area contributed by atoms with E-state index in [2.05, 4.69) is 58.2 Å². The molecule has 7 rings (SSSR count). The molecule has 3 heterocycles.